The van der Waals surface area contributed by atoms with Gasteiger partial charge in [-0.1, -0.05) is 12.1 Å². The molecule has 1 fully saturated rings. The van der Waals surface area contributed by atoms with Gasteiger partial charge in [0.25, 0.3) is 0 Å². The maximum absolute atomic E-state index is 12.2. The monoisotopic (exact) mass is 294 g/mol. The van der Waals surface area contributed by atoms with Gasteiger partial charge >= 0.3 is 12.0 Å². The Morgan fingerprint density at radius 3 is 2.70 bits per heavy atom. The molecule has 0 unspecified atom stereocenters. The van der Waals surface area contributed by atoms with Gasteiger partial charge in [0, 0.05) is 23.6 Å². The first-order valence-corrected chi connectivity index (χ1v) is 7.40. The molecule has 5 nitrogen and oxygen atoms in total. The molecule has 0 aromatic heterocycles. The number of thioether (sulfide) groups is 1. The van der Waals surface area contributed by atoms with Crippen LogP contribution in [0, 0.1) is 0 Å². The summed E-state index contributed by atoms with van der Waals surface area (Å²) < 4.78 is 0.0297. The van der Waals surface area contributed by atoms with E-state index in [1.807, 2.05) is 11.8 Å². The lowest BCUT2D eigenvalue weighted by Crippen LogP contribution is -2.47. The van der Waals surface area contributed by atoms with Gasteiger partial charge in [-0.3, -0.25) is 0 Å². The molecule has 108 valence electrons. The van der Waals surface area contributed by atoms with Gasteiger partial charge < -0.3 is 15.3 Å². The Kier molecular flexibility index (Phi) is 4.23. The molecule has 0 radical (unpaired) electrons. The number of aromatic carboxylic acids is 1. The minimum absolute atomic E-state index is 0.0297. The fourth-order valence-corrected chi connectivity index (χ4v) is 3.27. The van der Waals surface area contributed by atoms with Gasteiger partial charge in [0.15, 0.2) is 0 Å². The smallest absolute Gasteiger partial charge is 0.337 e. The van der Waals surface area contributed by atoms with E-state index in [0.29, 0.717) is 18.8 Å². The average molecular weight is 294 g/mol. The summed E-state index contributed by atoms with van der Waals surface area (Å²) in [6, 6.07) is 6.18. The zero-order valence-corrected chi connectivity index (χ0v) is 12.4. The van der Waals surface area contributed by atoms with Crippen LogP contribution in [0.25, 0.3) is 0 Å². The van der Waals surface area contributed by atoms with Crippen molar-refractivity contribution in [2.45, 2.75) is 18.6 Å². The molecule has 0 aliphatic carbocycles. The van der Waals surface area contributed by atoms with Crippen molar-refractivity contribution in [1.82, 2.24) is 4.90 Å². The van der Waals surface area contributed by atoms with Crippen LogP contribution in [-0.2, 0) is 0 Å². The molecule has 1 saturated heterocycles. The lowest BCUT2D eigenvalue weighted by molar-refractivity contribution is 0.0698. The molecule has 0 bridgehead atoms. The van der Waals surface area contributed by atoms with Gasteiger partial charge in [-0.05, 0) is 26.0 Å². The fraction of sp³-hybridized carbons (Fsp3) is 0.429. The number of hydrogen-bond acceptors (Lipinski definition) is 3. The van der Waals surface area contributed by atoms with Crippen molar-refractivity contribution in [3.05, 3.63) is 29.8 Å². The molecule has 1 aromatic rings. The molecule has 0 saturated carbocycles. The number of carbonyl (C=O) groups excluding carboxylic acids is 1. The SMILES string of the molecule is CC1(C)CN(C(=O)Nc2ccccc2C(=O)O)CCS1. The van der Waals surface area contributed by atoms with E-state index in [1.54, 1.807) is 23.1 Å². The Morgan fingerprint density at radius 1 is 1.35 bits per heavy atom. The summed E-state index contributed by atoms with van der Waals surface area (Å²) in [6.07, 6.45) is 0. The van der Waals surface area contributed by atoms with Gasteiger partial charge in [0.1, 0.15) is 0 Å². The Morgan fingerprint density at radius 2 is 2.05 bits per heavy atom. The number of rotatable bonds is 2. The summed E-state index contributed by atoms with van der Waals surface area (Å²) >= 11 is 1.84. The predicted octanol–water partition coefficient (Wildman–Crippen LogP) is 2.74. The van der Waals surface area contributed by atoms with Crippen LogP contribution in [0.2, 0.25) is 0 Å². The third-order valence-corrected chi connectivity index (χ3v) is 4.41. The molecule has 0 spiro atoms. The van der Waals surface area contributed by atoms with Crippen molar-refractivity contribution >= 4 is 29.4 Å². The number of nitrogens with zero attached hydrogens (tertiary/aromatic N) is 1. The van der Waals surface area contributed by atoms with Crippen molar-refractivity contribution in [3.8, 4) is 0 Å². The highest BCUT2D eigenvalue weighted by Gasteiger charge is 2.30. The summed E-state index contributed by atoms with van der Waals surface area (Å²) in [5, 5.41) is 11.8. The molecule has 2 N–H and O–H groups in total. The number of para-hydroxylation sites is 1. The van der Waals surface area contributed by atoms with Crippen LogP contribution in [0.15, 0.2) is 24.3 Å². The Labute approximate surface area is 122 Å². The topological polar surface area (TPSA) is 69.6 Å². The molecule has 20 heavy (non-hydrogen) atoms. The number of amides is 2. The van der Waals surface area contributed by atoms with E-state index in [4.69, 9.17) is 5.11 Å². The molecular formula is C14H18N2O3S. The van der Waals surface area contributed by atoms with E-state index in [-0.39, 0.29) is 16.3 Å². The van der Waals surface area contributed by atoms with Crippen LogP contribution < -0.4 is 5.32 Å². The zero-order chi connectivity index (χ0) is 14.8. The first-order valence-electron chi connectivity index (χ1n) is 6.41. The minimum atomic E-state index is -1.05. The van der Waals surface area contributed by atoms with Gasteiger partial charge in [0.05, 0.1) is 11.3 Å². The number of carboxylic acids is 1. The van der Waals surface area contributed by atoms with Gasteiger partial charge in [-0.2, -0.15) is 11.8 Å². The quantitative estimate of drug-likeness (QED) is 0.880. The van der Waals surface area contributed by atoms with Crippen LogP contribution in [0.1, 0.15) is 24.2 Å². The average Bonchev–Trinajstić information content (AvgIpc) is 2.38. The van der Waals surface area contributed by atoms with Crippen molar-refractivity contribution < 1.29 is 14.7 Å². The van der Waals surface area contributed by atoms with Gasteiger partial charge in [-0.25, -0.2) is 9.59 Å². The summed E-state index contributed by atoms with van der Waals surface area (Å²) in [4.78, 5) is 25.1. The number of benzene rings is 1. The highest BCUT2D eigenvalue weighted by atomic mass is 32.2. The van der Waals surface area contributed by atoms with Crippen LogP contribution in [0.3, 0.4) is 0 Å². The summed E-state index contributed by atoms with van der Waals surface area (Å²) in [5.74, 6) is -0.156. The van der Waals surface area contributed by atoms with Gasteiger partial charge in [-0.15, -0.1) is 0 Å². The minimum Gasteiger partial charge on any atom is -0.478 e. The number of urea groups is 1. The van der Waals surface area contributed by atoms with E-state index >= 15 is 0 Å². The second-order valence-corrected chi connectivity index (χ2v) is 7.11. The third-order valence-electron chi connectivity index (χ3n) is 3.11. The maximum atomic E-state index is 12.2. The lowest BCUT2D eigenvalue weighted by atomic mass is 10.1. The van der Waals surface area contributed by atoms with E-state index in [9.17, 15) is 9.59 Å². The summed E-state index contributed by atoms with van der Waals surface area (Å²) in [7, 11) is 0. The molecule has 1 aromatic carbocycles. The Balaban J connectivity index is 2.10. The fourth-order valence-electron chi connectivity index (χ4n) is 2.16. The second kappa shape index (κ2) is 5.75. The van der Waals surface area contributed by atoms with Crippen LogP contribution in [0.4, 0.5) is 10.5 Å². The molecule has 6 heteroatoms. The van der Waals surface area contributed by atoms with E-state index < -0.39 is 5.97 Å². The number of anilines is 1. The van der Waals surface area contributed by atoms with E-state index in [0.717, 1.165) is 5.75 Å². The second-order valence-electron chi connectivity index (χ2n) is 5.31. The van der Waals surface area contributed by atoms with E-state index in [2.05, 4.69) is 19.2 Å². The summed E-state index contributed by atoms with van der Waals surface area (Å²) in [5.41, 5.74) is 0.438. The van der Waals surface area contributed by atoms with Crippen molar-refractivity contribution in [1.29, 1.82) is 0 Å². The Hall–Kier alpha value is -1.69. The molecule has 0 atom stereocenters. The molecule has 1 heterocycles. The third kappa shape index (κ3) is 3.45. The number of carbonyl (C=O) groups is 2. The van der Waals surface area contributed by atoms with Crippen molar-refractivity contribution in [2.24, 2.45) is 0 Å². The van der Waals surface area contributed by atoms with Crippen molar-refractivity contribution in [2.75, 3.05) is 24.2 Å². The zero-order valence-electron chi connectivity index (χ0n) is 11.5. The highest BCUT2D eigenvalue weighted by molar-refractivity contribution is 8.00. The molecule has 1 aliphatic rings. The van der Waals surface area contributed by atoms with Crippen LogP contribution >= 0.6 is 11.8 Å². The van der Waals surface area contributed by atoms with Crippen LogP contribution in [-0.4, -0.2) is 45.6 Å². The first kappa shape index (κ1) is 14.7. The number of carboxylic acid groups (broad SMARTS) is 1. The molecular weight excluding hydrogens is 276 g/mol. The Bertz CT molecular complexity index is 531. The number of hydrogen-bond donors (Lipinski definition) is 2. The van der Waals surface area contributed by atoms with Crippen LogP contribution in [0.5, 0.6) is 0 Å². The standard InChI is InChI=1S/C14H18N2O3S/c1-14(2)9-16(7-8-20-14)13(19)15-11-6-4-3-5-10(11)12(17)18/h3-6H,7-9H2,1-2H3,(H,15,19)(H,17,18). The van der Waals surface area contributed by atoms with Crippen molar-refractivity contribution in [3.63, 3.8) is 0 Å². The van der Waals surface area contributed by atoms with Gasteiger partial charge in [0.2, 0.25) is 0 Å². The summed E-state index contributed by atoms with van der Waals surface area (Å²) in [6.45, 7) is 5.53. The highest BCUT2D eigenvalue weighted by Crippen LogP contribution is 2.29. The molecule has 2 rings (SSSR count). The predicted molar refractivity (Wildman–Crippen MR) is 80.5 cm³/mol. The number of nitrogens with one attached hydrogen (secondary N) is 1. The maximum Gasteiger partial charge on any atom is 0.337 e. The lowest BCUT2D eigenvalue weighted by Gasteiger charge is -2.37. The molecule has 2 amide bonds. The van der Waals surface area contributed by atoms with E-state index in [1.165, 1.54) is 6.07 Å². The first-order chi connectivity index (χ1) is 9.39. The normalized spacial score (nSPS) is 17.6. The largest absolute Gasteiger partial charge is 0.478 e. The molecule has 1 aliphatic heterocycles.